The topological polar surface area (TPSA) is 61.9 Å². The number of nitrogens with zero attached hydrogens (tertiary/aromatic N) is 3. The number of carbonyl (C=O) groups excluding carboxylic acids is 1. The third-order valence-corrected chi connectivity index (χ3v) is 4.67. The van der Waals surface area contributed by atoms with Crippen LogP contribution in [0, 0.1) is 5.92 Å². The Morgan fingerprint density at radius 2 is 1.95 bits per heavy atom. The van der Waals surface area contributed by atoms with E-state index in [1.807, 2.05) is 4.90 Å². The van der Waals surface area contributed by atoms with Crippen molar-refractivity contribution in [2.45, 2.75) is 70.8 Å². The highest BCUT2D eigenvalue weighted by molar-refractivity contribution is 5.90. The average molecular weight is 290 g/mol. The third kappa shape index (κ3) is 3.44. The summed E-state index contributed by atoms with van der Waals surface area (Å²) in [7, 11) is 0. The van der Waals surface area contributed by atoms with Crippen LogP contribution >= 0.6 is 0 Å². The van der Waals surface area contributed by atoms with Crippen molar-refractivity contribution >= 4 is 5.91 Å². The number of aromatic nitrogens is 3. The van der Waals surface area contributed by atoms with Crippen molar-refractivity contribution in [3.8, 4) is 0 Å². The molecule has 1 aromatic heterocycles. The Kier molecular flexibility index (Phi) is 4.27. The van der Waals surface area contributed by atoms with E-state index in [2.05, 4.69) is 29.0 Å². The van der Waals surface area contributed by atoms with Crippen LogP contribution < -0.4 is 0 Å². The molecular formula is C16H26N4O. The van der Waals surface area contributed by atoms with Gasteiger partial charge in [-0.05, 0) is 31.6 Å². The van der Waals surface area contributed by atoms with Gasteiger partial charge in [0, 0.05) is 18.5 Å². The monoisotopic (exact) mass is 290 g/mol. The van der Waals surface area contributed by atoms with Gasteiger partial charge >= 0.3 is 0 Å². The van der Waals surface area contributed by atoms with E-state index in [-0.39, 0.29) is 11.8 Å². The van der Waals surface area contributed by atoms with E-state index in [9.17, 15) is 4.79 Å². The van der Waals surface area contributed by atoms with Gasteiger partial charge in [0.1, 0.15) is 5.82 Å². The number of amides is 1. The number of rotatable bonds is 5. The van der Waals surface area contributed by atoms with Gasteiger partial charge in [-0.1, -0.05) is 33.1 Å². The van der Waals surface area contributed by atoms with Crippen LogP contribution in [0.1, 0.15) is 81.2 Å². The second-order valence-corrected chi connectivity index (χ2v) is 6.89. The van der Waals surface area contributed by atoms with Gasteiger partial charge in [0.15, 0.2) is 0 Å². The molecule has 1 aromatic rings. The number of hydrogen-bond acceptors (Lipinski definition) is 3. The predicted molar refractivity (Wildman–Crippen MR) is 81.1 cm³/mol. The Labute approximate surface area is 126 Å². The minimum absolute atomic E-state index is 0.0197. The lowest BCUT2D eigenvalue weighted by Gasteiger charge is -2.29. The van der Waals surface area contributed by atoms with Gasteiger partial charge in [0.25, 0.3) is 5.91 Å². The Balaban J connectivity index is 1.68. The van der Waals surface area contributed by atoms with Crippen molar-refractivity contribution in [1.29, 1.82) is 0 Å². The van der Waals surface area contributed by atoms with Gasteiger partial charge in [0.05, 0.1) is 0 Å². The molecule has 0 bridgehead atoms. The quantitative estimate of drug-likeness (QED) is 0.906. The first-order valence-electron chi connectivity index (χ1n) is 8.38. The summed E-state index contributed by atoms with van der Waals surface area (Å²) < 4.78 is 0. The molecule has 0 atom stereocenters. The lowest BCUT2D eigenvalue weighted by atomic mass is 9.89. The van der Waals surface area contributed by atoms with E-state index < -0.39 is 0 Å². The summed E-state index contributed by atoms with van der Waals surface area (Å²) in [5.41, 5.74) is 0. The fourth-order valence-electron chi connectivity index (χ4n) is 3.19. The zero-order valence-electron chi connectivity index (χ0n) is 13.1. The van der Waals surface area contributed by atoms with Crippen molar-refractivity contribution in [3.63, 3.8) is 0 Å². The highest BCUT2D eigenvalue weighted by Crippen LogP contribution is 2.32. The standard InChI is InChI=1S/C16H26N4O/c1-11(2)14-17-15(19-18-14)16(21)20(13-8-9-13)10-12-6-4-3-5-7-12/h11-13H,3-10H2,1-2H3,(H,17,18,19). The van der Waals surface area contributed by atoms with E-state index >= 15 is 0 Å². The van der Waals surface area contributed by atoms with Gasteiger partial charge in [0.2, 0.25) is 5.82 Å². The molecule has 5 heteroatoms. The van der Waals surface area contributed by atoms with E-state index in [1.165, 1.54) is 32.1 Å². The van der Waals surface area contributed by atoms with Crippen molar-refractivity contribution in [3.05, 3.63) is 11.6 Å². The summed E-state index contributed by atoms with van der Waals surface area (Å²) >= 11 is 0. The number of carbonyl (C=O) groups is 1. The van der Waals surface area contributed by atoms with Crippen molar-refractivity contribution in [1.82, 2.24) is 20.1 Å². The fraction of sp³-hybridized carbons (Fsp3) is 0.812. The van der Waals surface area contributed by atoms with Crippen LogP contribution in [0.2, 0.25) is 0 Å². The number of nitrogens with one attached hydrogen (secondary N) is 1. The minimum atomic E-state index is 0.0197. The first kappa shape index (κ1) is 14.5. The molecule has 0 spiro atoms. The molecule has 5 nitrogen and oxygen atoms in total. The normalized spacial score (nSPS) is 20.0. The Morgan fingerprint density at radius 3 is 2.52 bits per heavy atom. The number of hydrogen-bond donors (Lipinski definition) is 1. The SMILES string of the molecule is CC(C)c1nc(C(=O)N(CC2CCCCC2)C2CC2)n[nH]1. The number of H-pyrrole nitrogens is 1. The summed E-state index contributed by atoms with van der Waals surface area (Å²) in [5, 5.41) is 7.03. The second kappa shape index (κ2) is 6.16. The molecule has 3 rings (SSSR count). The van der Waals surface area contributed by atoms with E-state index in [0.717, 1.165) is 25.2 Å². The van der Waals surface area contributed by atoms with Crippen LogP contribution in [0.4, 0.5) is 0 Å². The van der Waals surface area contributed by atoms with Crippen LogP contribution in [0.5, 0.6) is 0 Å². The summed E-state index contributed by atoms with van der Waals surface area (Å²) in [5.74, 6) is 2.11. The van der Waals surface area contributed by atoms with Crippen LogP contribution in [0.3, 0.4) is 0 Å². The highest BCUT2D eigenvalue weighted by Gasteiger charge is 2.36. The smallest absolute Gasteiger partial charge is 0.293 e. The average Bonchev–Trinajstić information content (AvgIpc) is 3.20. The summed E-state index contributed by atoms with van der Waals surface area (Å²) in [6, 6.07) is 0.431. The van der Waals surface area contributed by atoms with Gasteiger partial charge < -0.3 is 4.90 Å². The molecule has 2 aliphatic rings. The molecule has 1 N–H and O–H groups in total. The molecule has 0 aliphatic heterocycles. The zero-order chi connectivity index (χ0) is 14.8. The molecule has 116 valence electrons. The van der Waals surface area contributed by atoms with E-state index in [0.29, 0.717) is 17.8 Å². The fourth-order valence-corrected chi connectivity index (χ4v) is 3.19. The maximum absolute atomic E-state index is 12.7. The molecule has 0 radical (unpaired) electrons. The number of aromatic amines is 1. The van der Waals surface area contributed by atoms with Gasteiger partial charge in [-0.25, -0.2) is 4.98 Å². The summed E-state index contributed by atoms with van der Waals surface area (Å²) in [6.45, 7) is 5.00. The predicted octanol–water partition coefficient (Wildman–Crippen LogP) is 3.11. The lowest BCUT2D eigenvalue weighted by molar-refractivity contribution is 0.0687. The second-order valence-electron chi connectivity index (χ2n) is 6.89. The molecule has 2 aliphatic carbocycles. The van der Waals surface area contributed by atoms with E-state index in [4.69, 9.17) is 0 Å². The molecule has 1 heterocycles. The Hall–Kier alpha value is -1.39. The Morgan fingerprint density at radius 1 is 1.24 bits per heavy atom. The summed E-state index contributed by atoms with van der Waals surface area (Å²) in [6.07, 6.45) is 8.79. The van der Waals surface area contributed by atoms with Gasteiger partial charge in [-0.3, -0.25) is 9.89 Å². The van der Waals surface area contributed by atoms with Crippen LogP contribution in [-0.4, -0.2) is 38.6 Å². The molecule has 2 fully saturated rings. The Bertz CT molecular complexity index is 486. The van der Waals surface area contributed by atoms with Crippen molar-refractivity contribution in [2.75, 3.05) is 6.54 Å². The van der Waals surface area contributed by atoms with Gasteiger partial charge in [-0.15, -0.1) is 5.10 Å². The third-order valence-electron chi connectivity index (χ3n) is 4.67. The molecule has 0 aromatic carbocycles. The molecule has 0 saturated heterocycles. The van der Waals surface area contributed by atoms with Gasteiger partial charge in [-0.2, -0.15) is 0 Å². The first-order valence-corrected chi connectivity index (χ1v) is 8.38. The molecule has 21 heavy (non-hydrogen) atoms. The zero-order valence-corrected chi connectivity index (χ0v) is 13.1. The van der Waals surface area contributed by atoms with Crippen LogP contribution in [0.25, 0.3) is 0 Å². The van der Waals surface area contributed by atoms with E-state index in [1.54, 1.807) is 0 Å². The summed E-state index contributed by atoms with van der Waals surface area (Å²) in [4.78, 5) is 19.1. The minimum Gasteiger partial charge on any atom is -0.333 e. The van der Waals surface area contributed by atoms with Crippen molar-refractivity contribution in [2.24, 2.45) is 5.92 Å². The van der Waals surface area contributed by atoms with Crippen LogP contribution in [-0.2, 0) is 0 Å². The largest absolute Gasteiger partial charge is 0.333 e. The highest BCUT2D eigenvalue weighted by atomic mass is 16.2. The lowest BCUT2D eigenvalue weighted by Crippen LogP contribution is -2.38. The first-order chi connectivity index (χ1) is 10.1. The van der Waals surface area contributed by atoms with Crippen LogP contribution in [0.15, 0.2) is 0 Å². The molecule has 2 saturated carbocycles. The molecular weight excluding hydrogens is 264 g/mol. The maximum Gasteiger partial charge on any atom is 0.293 e. The van der Waals surface area contributed by atoms with Crippen molar-refractivity contribution < 1.29 is 4.79 Å². The molecule has 0 unspecified atom stereocenters. The molecule has 1 amide bonds. The maximum atomic E-state index is 12.7.